The minimum Gasteiger partial charge on any atom is -0.381 e. The summed E-state index contributed by atoms with van der Waals surface area (Å²) in [4.78, 5) is 2.30. The molecule has 1 aromatic carbocycles. The summed E-state index contributed by atoms with van der Waals surface area (Å²) in [7, 11) is 4.28. The fourth-order valence-corrected chi connectivity index (χ4v) is 2.58. The van der Waals surface area contributed by atoms with Crippen LogP contribution in [0.2, 0.25) is 0 Å². The van der Waals surface area contributed by atoms with E-state index in [1.165, 1.54) is 19.3 Å². The maximum absolute atomic E-state index is 8.75. The molecule has 3 heteroatoms. The fraction of sp³-hybridized carbons (Fsp3) is 0.500. The van der Waals surface area contributed by atoms with Crippen LogP contribution >= 0.6 is 0 Å². The van der Waals surface area contributed by atoms with Gasteiger partial charge in [0.1, 0.15) is 0 Å². The van der Waals surface area contributed by atoms with Crippen LogP contribution in [0.1, 0.15) is 24.8 Å². The maximum atomic E-state index is 8.75. The summed E-state index contributed by atoms with van der Waals surface area (Å²) in [6.07, 6.45) is 3.78. The fourth-order valence-electron chi connectivity index (χ4n) is 2.58. The van der Waals surface area contributed by atoms with E-state index in [4.69, 9.17) is 5.26 Å². The van der Waals surface area contributed by atoms with Gasteiger partial charge in [0.25, 0.3) is 0 Å². The van der Waals surface area contributed by atoms with Crippen LogP contribution in [-0.2, 0) is 0 Å². The third kappa shape index (κ3) is 2.78. The SMILES string of the molecule is CN(C)C1CCCC1Nc1ccc(C#N)cc1. The first kappa shape index (κ1) is 11.9. The molecule has 0 aliphatic heterocycles. The molecular formula is C14H19N3. The minimum absolute atomic E-state index is 0.526. The Morgan fingerprint density at radius 1 is 1.24 bits per heavy atom. The Morgan fingerprint density at radius 2 is 1.94 bits per heavy atom. The largest absolute Gasteiger partial charge is 0.381 e. The van der Waals surface area contributed by atoms with Crippen molar-refractivity contribution in [1.82, 2.24) is 4.90 Å². The highest BCUT2D eigenvalue weighted by Crippen LogP contribution is 2.25. The smallest absolute Gasteiger partial charge is 0.0991 e. The van der Waals surface area contributed by atoms with Crippen molar-refractivity contribution in [3.05, 3.63) is 29.8 Å². The number of hydrogen-bond donors (Lipinski definition) is 1. The van der Waals surface area contributed by atoms with Gasteiger partial charge < -0.3 is 10.2 Å². The highest BCUT2D eigenvalue weighted by atomic mass is 15.1. The third-order valence-electron chi connectivity index (χ3n) is 3.51. The van der Waals surface area contributed by atoms with Crippen LogP contribution in [0.25, 0.3) is 0 Å². The molecule has 1 N–H and O–H groups in total. The van der Waals surface area contributed by atoms with E-state index in [1.54, 1.807) is 0 Å². The first-order chi connectivity index (χ1) is 8.20. The van der Waals surface area contributed by atoms with Gasteiger partial charge in [0.05, 0.1) is 11.6 Å². The molecular weight excluding hydrogens is 210 g/mol. The number of nitrogens with one attached hydrogen (secondary N) is 1. The summed E-state index contributed by atoms with van der Waals surface area (Å²) in [5.41, 5.74) is 1.83. The van der Waals surface area contributed by atoms with Gasteiger partial charge in [-0.15, -0.1) is 0 Å². The summed E-state index contributed by atoms with van der Waals surface area (Å²) >= 11 is 0. The van der Waals surface area contributed by atoms with Crippen molar-refractivity contribution in [3.63, 3.8) is 0 Å². The molecule has 17 heavy (non-hydrogen) atoms. The molecule has 1 saturated carbocycles. The Labute approximate surface area is 103 Å². The molecule has 1 aliphatic rings. The number of hydrogen-bond acceptors (Lipinski definition) is 3. The van der Waals surface area contributed by atoms with Crippen molar-refractivity contribution in [2.45, 2.75) is 31.3 Å². The predicted molar refractivity (Wildman–Crippen MR) is 69.9 cm³/mol. The van der Waals surface area contributed by atoms with Gasteiger partial charge in [-0.3, -0.25) is 0 Å². The quantitative estimate of drug-likeness (QED) is 0.865. The van der Waals surface area contributed by atoms with E-state index < -0.39 is 0 Å². The summed E-state index contributed by atoms with van der Waals surface area (Å²) in [6, 6.07) is 11.0. The lowest BCUT2D eigenvalue weighted by Gasteiger charge is -2.27. The van der Waals surface area contributed by atoms with Gasteiger partial charge in [-0.25, -0.2) is 0 Å². The topological polar surface area (TPSA) is 39.1 Å². The van der Waals surface area contributed by atoms with Gasteiger partial charge in [-0.1, -0.05) is 0 Å². The van der Waals surface area contributed by atoms with Gasteiger partial charge in [-0.05, 0) is 57.6 Å². The van der Waals surface area contributed by atoms with Crippen LogP contribution in [-0.4, -0.2) is 31.1 Å². The summed E-state index contributed by atoms with van der Waals surface area (Å²) in [5, 5.41) is 12.3. The maximum Gasteiger partial charge on any atom is 0.0991 e. The van der Waals surface area contributed by atoms with Crippen molar-refractivity contribution >= 4 is 5.69 Å². The molecule has 90 valence electrons. The van der Waals surface area contributed by atoms with E-state index in [-0.39, 0.29) is 0 Å². The molecule has 2 unspecified atom stereocenters. The molecule has 0 aromatic heterocycles. The van der Waals surface area contributed by atoms with E-state index in [0.717, 1.165) is 5.69 Å². The van der Waals surface area contributed by atoms with Gasteiger partial charge >= 0.3 is 0 Å². The first-order valence-corrected chi connectivity index (χ1v) is 6.14. The van der Waals surface area contributed by atoms with E-state index in [1.807, 2.05) is 24.3 Å². The molecule has 1 aromatic rings. The van der Waals surface area contributed by atoms with E-state index in [0.29, 0.717) is 17.6 Å². The molecule has 0 bridgehead atoms. The zero-order valence-corrected chi connectivity index (χ0v) is 10.5. The number of anilines is 1. The zero-order chi connectivity index (χ0) is 12.3. The number of rotatable bonds is 3. The molecule has 0 heterocycles. The van der Waals surface area contributed by atoms with Crippen LogP contribution in [0.3, 0.4) is 0 Å². The second kappa shape index (κ2) is 5.20. The molecule has 2 rings (SSSR count). The van der Waals surface area contributed by atoms with Gasteiger partial charge in [0, 0.05) is 17.8 Å². The molecule has 3 nitrogen and oxygen atoms in total. The Balaban J connectivity index is 2.02. The second-order valence-corrected chi connectivity index (χ2v) is 4.90. The number of likely N-dealkylation sites (N-methyl/N-ethyl adjacent to an activating group) is 1. The molecule has 2 atom stereocenters. The predicted octanol–water partition coefficient (Wildman–Crippen LogP) is 2.45. The Kier molecular flexibility index (Phi) is 3.65. The van der Waals surface area contributed by atoms with E-state index in [2.05, 4.69) is 30.4 Å². The number of nitrogens with zero attached hydrogens (tertiary/aromatic N) is 2. The lowest BCUT2D eigenvalue weighted by Crippen LogP contribution is -2.39. The van der Waals surface area contributed by atoms with Crippen molar-refractivity contribution in [1.29, 1.82) is 5.26 Å². The molecule has 0 radical (unpaired) electrons. The standard InChI is InChI=1S/C14H19N3/c1-17(2)14-5-3-4-13(14)16-12-8-6-11(10-15)7-9-12/h6-9,13-14,16H,3-5H2,1-2H3. The highest BCUT2D eigenvalue weighted by molar-refractivity contribution is 5.48. The molecule has 0 amide bonds. The molecule has 1 fully saturated rings. The van der Waals surface area contributed by atoms with Crippen molar-refractivity contribution in [2.24, 2.45) is 0 Å². The summed E-state index contributed by atoms with van der Waals surface area (Å²) in [6.45, 7) is 0. The Morgan fingerprint density at radius 3 is 2.53 bits per heavy atom. The lowest BCUT2D eigenvalue weighted by molar-refractivity contribution is 0.285. The van der Waals surface area contributed by atoms with Crippen LogP contribution < -0.4 is 5.32 Å². The monoisotopic (exact) mass is 229 g/mol. The van der Waals surface area contributed by atoms with Crippen molar-refractivity contribution in [2.75, 3.05) is 19.4 Å². The molecule has 1 aliphatic carbocycles. The average molecular weight is 229 g/mol. The summed E-state index contributed by atoms with van der Waals surface area (Å²) in [5.74, 6) is 0. The second-order valence-electron chi connectivity index (χ2n) is 4.90. The third-order valence-corrected chi connectivity index (χ3v) is 3.51. The van der Waals surface area contributed by atoms with E-state index in [9.17, 15) is 0 Å². The lowest BCUT2D eigenvalue weighted by atomic mass is 10.1. The Bertz CT molecular complexity index is 402. The van der Waals surface area contributed by atoms with Crippen molar-refractivity contribution in [3.8, 4) is 6.07 Å². The number of benzene rings is 1. The summed E-state index contributed by atoms with van der Waals surface area (Å²) < 4.78 is 0. The number of nitriles is 1. The zero-order valence-electron chi connectivity index (χ0n) is 10.5. The van der Waals surface area contributed by atoms with Crippen LogP contribution in [0.15, 0.2) is 24.3 Å². The first-order valence-electron chi connectivity index (χ1n) is 6.14. The van der Waals surface area contributed by atoms with E-state index >= 15 is 0 Å². The molecule has 0 saturated heterocycles. The minimum atomic E-state index is 0.526. The van der Waals surface area contributed by atoms with Crippen LogP contribution in [0.5, 0.6) is 0 Å². The Hall–Kier alpha value is -1.53. The van der Waals surface area contributed by atoms with Gasteiger partial charge in [-0.2, -0.15) is 5.26 Å². The normalized spacial score (nSPS) is 23.6. The van der Waals surface area contributed by atoms with Crippen molar-refractivity contribution < 1.29 is 0 Å². The van der Waals surface area contributed by atoms with Gasteiger partial charge in [0.2, 0.25) is 0 Å². The highest BCUT2D eigenvalue weighted by Gasteiger charge is 2.28. The van der Waals surface area contributed by atoms with Crippen LogP contribution in [0, 0.1) is 11.3 Å². The average Bonchev–Trinajstić information content (AvgIpc) is 2.78. The molecule has 0 spiro atoms. The van der Waals surface area contributed by atoms with Gasteiger partial charge in [0.15, 0.2) is 0 Å². The van der Waals surface area contributed by atoms with Crippen LogP contribution in [0.4, 0.5) is 5.69 Å².